The van der Waals surface area contributed by atoms with E-state index in [4.69, 9.17) is 11.6 Å². The molecule has 0 amide bonds. The standard InChI is InChI=1S/C7H10ClN3S/c8-7-6(10-11-12-7)5-3-1-2-4-9-5/h5,9H,1-4H2. The Bertz CT molecular complexity index is 257. The lowest BCUT2D eigenvalue weighted by Crippen LogP contribution is -2.27. The predicted octanol–water partition coefficient (Wildman–Crippen LogP) is 2.01. The third kappa shape index (κ3) is 1.60. The van der Waals surface area contributed by atoms with E-state index in [0.29, 0.717) is 6.04 Å². The van der Waals surface area contributed by atoms with Crippen molar-refractivity contribution in [1.29, 1.82) is 0 Å². The summed E-state index contributed by atoms with van der Waals surface area (Å²) >= 11 is 7.19. The zero-order valence-corrected chi connectivity index (χ0v) is 8.16. The maximum absolute atomic E-state index is 5.93. The first-order valence-corrected chi connectivity index (χ1v) is 5.24. The zero-order valence-electron chi connectivity index (χ0n) is 6.59. The van der Waals surface area contributed by atoms with Gasteiger partial charge in [-0.15, -0.1) is 5.10 Å². The number of aromatic nitrogens is 2. The van der Waals surface area contributed by atoms with E-state index in [1.807, 2.05) is 0 Å². The molecule has 1 unspecified atom stereocenters. The molecule has 0 saturated carbocycles. The van der Waals surface area contributed by atoms with Gasteiger partial charge in [0, 0.05) is 11.5 Å². The first-order valence-electron chi connectivity index (χ1n) is 4.09. The smallest absolute Gasteiger partial charge is 0.139 e. The van der Waals surface area contributed by atoms with Crippen LogP contribution in [0.15, 0.2) is 0 Å². The summed E-state index contributed by atoms with van der Waals surface area (Å²) in [7, 11) is 0. The van der Waals surface area contributed by atoms with E-state index < -0.39 is 0 Å². The molecule has 12 heavy (non-hydrogen) atoms. The van der Waals surface area contributed by atoms with Crippen LogP contribution in [0.5, 0.6) is 0 Å². The molecule has 0 radical (unpaired) electrons. The highest BCUT2D eigenvalue weighted by molar-refractivity contribution is 7.10. The fourth-order valence-corrected chi connectivity index (χ4v) is 2.22. The van der Waals surface area contributed by atoms with Crippen molar-refractivity contribution in [3.8, 4) is 0 Å². The van der Waals surface area contributed by atoms with E-state index in [-0.39, 0.29) is 0 Å². The van der Waals surface area contributed by atoms with Crippen molar-refractivity contribution in [2.75, 3.05) is 6.54 Å². The summed E-state index contributed by atoms with van der Waals surface area (Å²) in [4.78, 5) is 0. The summed E-state index contributed by atoms with van der Waals surface area (Å²) in [5, 5.41) is 7.40. The Morgan fingerprint density at radius 1 is 1.50 bits per heavy atom. The van der Waals surface area contributed by atoms with Crippen LogP contribution in [0.2, 0.25) is 4.34 Å². The van der Waals surface area contributed by atoms with Crippen LogP contribution < -0.4 is 5.32 Å². The largest absolute Gasteiger partial charge is 0.308 e. The molecule has 2 rings (SSSR count). The molecule has 1 N–H and O–H groups in total. The zero-order chi connectivity index (χ0) is 8.39. The summed E-state index contributed by atoms with van der Waals surface area (Å²) < 4.78 is 4.55. The van der Waals surface area contributed by atoms with E-state index in [9.17, 15) is 0 Å². The number of hydrogen-bond acceptors (Lipinski definition) is 4. The van der Waals surface area contributed by atoms with Crippen LogP contribution in [0, 0.1) is 0 Å². The molecule has 1 aliphatic rings. The van der Waals surface area contributed by atoms with Gasteiger partial charge in [-0.25, -0.2) is 0 Å². The average molecular weight is 204 g/mol. The van der Waals surface area contributed by atoms with E-state index in [1.165, 1.54) is 24.4 Å². The second kappa shape index (κ2) is 3.68. The molecule has 1 aromatic rings. The molecule has 5 heteroatoms. The first kappa shape index (κ1) is 8.41. The SMILES string of the molecule is Clc1snnc1C1CCCCN1. The third-order valence-electron chi connectivity index (χ3n) is 2.11. The van der Waals surface area contributed by atoms with Gasteiger partial charge in [-0.05, 0) is 19.4 Å². The van der Waals surface area contributed by atoms with Crippen molar-refractivity contribution < 1.29 is 0 Å². The lowest BCUT2D eigenvalue weighted by molar-refractivity contribution is 0.405. The van der Waals surface area contributed by atoms with Gasteiger partial charge in [-0.2, -0.15) is 0 Å². The van der Waals surface area contributed by atoms with Crippen LogP contribution in [0.25, 0.3) is 0 Å². The van der Waals surface area contributed by atoms with Gasteiger partial charge in [0.05, 0.1) is 6.04 Å². The summed E-state index contributed by atoms with van der Waals surface area (Å²) in [6, 6.07) is 0.338. The summed E-state index contributed by atoms with van der Waals surface area (Å²) in [6.07, 6.45) is 3.64. The Labute approximate surface area is 80.3 Å². The van der Waals surface area contributed by atoms with Crippen LogP contribution in [0.3, 0.4) is 0 Å². The Kier molecular flexibility index (Phi) is 2.58. The van der Waals surface area contributed by atoms with Crippen molar-refractivity contribution in [2.24, 2.45) is 0 Å². The van der Waals surface area contributed by atoms with Crippen LogP contribution in [-0.2, 0) is 0 Å². The second-order valence-corrected chi connectivity index (χ2v) is 4.29. The fraction of sp³-hybridized carbons (Fsp3) is 0.714. The van der Waals surface area contributed by atoms with Gasteiger partial charge in [-0.1, -0.05) is 22.5 Å². The number of piperidine rings is 1. The third-order valence-corrected chi connectivity index (χ3v) is 3.04. The van der Waals surface area contributed by atoms with Crippen molar-refractivity contribution >= 4 is 23.1 Å². The number of nitrogens with zero attached hydrogens (tertiary/aromatic N) is 2. The molecule has 1 fully saturated rings. The molecule has 3 nitrogen and oxygen atoms in total. The van der Waals surface area contributed by atoms with Gasteiger partial charge in [-0.3, -0.25) is 0 Å². The van der Waals surface area contributed by atoms with Gasteiger partial charge in [0.1, 0.15) is 10.0 Å². The first-order chi connectivity index (χ1) is 5.88. The van der Waals surface area contributed by atoms with Gasteiger partial charge < -0.3 is 5.32 Å². The number of nitrogens with one attached hydrogen (secondary N) is 1. The normalized spacial score (nSPS) is 24.2. The summed E-state index contributed by atoms with van der Waals surface area (Å²) in [6.45, 7) is 1.07. The lowest BCUT2D eigenvalue weighted by Gasteiger charge is -2.21. The second-order valence-electron chi connectivity index (χ2n) is 2.93. The highest BCUT2D eigenvalue weighted by Crippen LogP contribution is 2.28. The molecule has 0 spiro atoms. The topological polar surface area (TPSA) is 37.8 Å². The number of hydrogen-bond donors (Lipinski definition) is 1. The molecule has 0 aromatic carbocycles. The molecule has 2 heterocycles. The van der Waals surface area contributed by atoms with Crippen molar-refractivity contribution in [1.82, 2.24) is 14.9 Å². The maximum Gasteiger partial charge on any atom is 0.139 e. The molecule has 1 aromatic heterocycles. The minimum atomic E-state index is 0.338. The molecule has 1 aliphatic heterocycles. The van der Waals surface area contributed by atoms with E-state index in [0.717, 1.165) is 23.0 Å². The predicted molar refractivity (Wildman–Crippen MR) is 49.5 cm³/mol. The average Bonchev–Trinajstić information content (AvgIpc) is 2.53. The lowest BCUT2D eigenvalue weighted by atomic mass is 10.0. The Morgan fingerprint density at radius 3 is 3.00 bits per heavy atom. The number of rotatable bonds is 1. The summed E-state index contributed by atoms with van der Waals surface area (Å²) in [5.41, 5.74) is 0.932. The summed E-state index contributed by atoms with van der Waals surface area (Å²) in [5.74, 6) is 0. The molecule has 1 atom stereocenters. The highest BCUT2D eigenvalue weighted by Gasteiger charge is 2.20. The van der Waals surface area contributed by atoms with Gasteiger partial charge in [0.2, 0.25) is 0 Å². The maximum atomic E-state index is 5.93. The van der Waals surface area contributed by atoms with Crippen LogP contribution in [0.1, 0.15) is 31.0 Å². The van der Waals surface area contributed by atoms with Crippen LogP contribution >= 0.6 is 23.1 Å². The molecule has 1 saturated heterocycles. The Hall–Kier alpha value is -0.190. The van der Waals surface area contributed by atoms with Gasteiger partial charge in [0.15, 0.2) is 0 Å². The molecular formula is C7H10ClN3S. The Balaban J connectivity index is 2.13. The monoisotopic (exact) mass is 203 g/mol. The number of halogens is 1. The van der Waals surface area contributed by atoms with Crippen LogP contribution in [-0.4, -0.2) is 16.1 Å². The van der Waals surface area contributed by atoms with E-state index >= 15 is 0 Å². The molecular weight excluding hydrogens is 194 g/mol. The molecule has 0 bridgehead atoms. The van der Waals surface area contributed by atoms with Crippen molar-refractivity contribution in [2.45, 2.75) is 25.3 Å². The van der Waals surface area contributed by atoms with E-state index in [2.05, 4.69) is 14.9 Å². The fourth-order valence-electron chi connectivity index (χ4n) is 1.48. The van der Waals surface area contributed by atoms with Crippen molar-refractivity contribution in [3.63, 3.8) is 0 Å². The molecule has 0 aliphatic carbocycles. The van der Waals surface area contributed by atoms with Crippen molar-refractivity contribution in [3.05, 3.63) is 10.0 Å². The van der Waals surface area contributed by atoms with E-state index in [1.54, 1.807) is 0 Å². The van der Waals surface area contributed by atoms with Crippen LogP contribution in [0.4, 0.5) is 0 Å². The highest BCUT2D eigenvalue weighted by atomic mass is 35.5. The quantitative estimate of drug-likeness (QED) is 0.759. The minimum Gasteiger partial charge on any atom is -0.308 e. The minimum absolute atomic E-state index is 0.338. The van der Waals surface area contributed by atoms with Gasteiger partial charge >= 0.3 is 0 Å². The van der Waals surface area contributed by atoms with Gasteiger partial charge in [0.25, 0.3) is 0 Å². The molecule has 66 valence electrons. The Morgan fingerprint density at radius 2 is 2.42 bits per heavy atom.